The maximum atomic E-state index is 5.43. The van der Waals surface area contributed by atoms with Crippen molar-refractivity contribution in [1.82, 2.24) is 0 Å². The molecule has 0 N–H and O–H groups in total. The van der Waals surface area contributed by atoms with Crippen LogP contribution in [-0.4, -0.2) is 20.2 Å². The second kappa shape index (κ2) is 8.27. The summed E-state index contributed by atoms with van der Waals surface area (Å²) in [7, 11) is 1.60. The fraction of sp³-hybridized carbons (Fsp3) is 0.176. The summed E-state index contributed by atoms with van der Waals surface area (Å²) in [6, 6.07) is 14.5. The molecule has 110 valence electrons. The lowest BCUT2D eigenvalue weighted by atomic mass is 10.1. The van der Waals surface area contributed by atoms with Crippen LogP contribution in [0.1, 0.15) is 11.1 Å². The van der Waals surface area contributed by atoms with Gasteiger partial charge in [0.25, 0.3) is 0 Å². The van der Waals surface area contributed by atoms with Crippen molar-refractivity contribution in [2.45, 2.75) is 4.90 Å². The molecule has 0 amide bonds. The Bertz CT molecular complexity index is 609. The highest BCUT2D eigenvalue weighted by molar-refractivity contribution is 9.10. The highest BCUT2D eigenvalue weighted by atomic mass is 79.9. The number of methoxy groups -OCH3 is 1. The zero-order chi connectivity index (χ0) is 15.1. The SMILES string of the molecule is COCOc1ccc(/C=C/c2ccc(SC)cc2)cc1Br. The fourth-order valence-electron chi connectivity index (χ4n) is 1.77. The lowest BCUT2D eigenvalue weighted by molar-refractivity contribution is 0.0506. The first-order valence-corrected chi connectivity index (χ1v) is 8.48. The molecule has 0 bridgehead atoms. The first-order chi connectivity index (χ1) is 10.2. The Morgan fingerprint density at radius 1 is 1.05 bits per heavy atom. The summed E-state index contributed by atoms with van der Waals surface area (Å²) < 4.78 is 11.2. The van der Waals surface area contributed by atoms with Crippen LogP contribution < -0.4 is 4.74 Å². The van der Waals surface area contributed by atoms with E-state index < -0.39 is 0 Å². The van der Waals surface area contributed by atoms with Gasteiger partial charge in [-0.25, -0.2) is 0 Å². The molecule has 2 rings (SSSR count). The van der Waals surface area contributed by atoms with Gasteiger partial charge in [0.1, 0.15) is 5.75 Å². The Kier molecular flexibility index (Phi) is 6.36. The van der Waals surface area contributed by atoms with E-state index in [1.807, 2.05) is 18.2 Å². The van der Waals surface area contributed by atoms with Crippen molar-refractivity contribution in [3.8, 4) is 5.75 Å². The van der Waals surface area contributed by atoms with Gasteiger partial charge in [0.2, 0.25) is 0 Å². The average molecular weight is 365 g/mol. The molecule has 0 radical (unpaired) electrons. The summed E-state index contributed by atoms with van der Waals surface area (Å²) in [5.41, 5.74) is 2.30. The average Bonchev–Trinajstić information content (AvgIpc) is 2.52. The molecule has 4 heteroatoms. The minimum absolute atomic E-state index is 0.246. The summed E-state index contributed by atoms with van der Waals surface area (Å²) in [5, 5.41) is 0. The monoisotopic (exact) mass is 364 g/mol. The number of thioether (sulfide) groups is 1. The third-order valence-corrected chi connectivity index (χ3v) is 4.24. The first kappa shape index (κ1) is 16.1. The second-order valence-electron chi connectivity index (χ2n) is 4.35. The third-order valence-electron chi connectivity index (χ3n) is 2.87. The molecule has 0 aromatic heterocycles. The van der Waals surface area contributed by atoms with E-state index in [4.69, 9.17) is 9.47 Å². The molecule has 2 nitrogen and oxygen atoms in total. The van der Waals surface area contributed by atoms with Crippen molar-refractivity contribution in [2.75, 3.05) is 20.2 Å². The lowest BCUT2D eigenvalue weighted by Gasteiger charge is -2.07. The third kappa shape index (κ3) is 4.92. The molecule has 0 spiro atoms. The number of hydrogen-bond acceptors (Lipinski definition) is 3. The van der Waals surface area contributed by atoms with Gasteiger partial charge in [-0.1, -0.05) is 30.4 Å². The topological polar surface area (TPSA) is 18.5 Å². The number of ether oxygens (including phenoxy) is 2. The summed E-state index contributed by atoms with van der Waals surface area (Å²) in [6.45, 7) is 0.246. The maximum Gasteiger partial charge on any atom is 0.188 e. The Balaban J connectivity index is 2.07. The van der Waals surface area contributed by atoms with E-state index in [1.54, 1.807) is 18.9 Å². The largest absolute Gasteiger partial charge is 0.466 e. The summed E-state index contributed by atoms with van der Waals surface area (Å²) >= 11 is 5.25. The van der Waals surface area contributed by atoms with Gasteiger partial charge in [0.05, 0.1) is 4.47 Å². The molecular weight excluding hydrogens is 348 g/mol. The molecule has 2 aromatic carbocycles. The van der Waals surface area contributed by atoms with Gasteiger partial charge in [-0.3, -0.25) is 0 Å². The van der Waals surface area contributed by atoms with Crippen molar-refractivity contribution in [3.05, 3.63) is 58.1 Å². The van der Waals surface area contributed by atoms with Gasteiger partial charge < -0.3 is 9.47 Å². The van der Waals surface area contributed by atoms with Crippen LogP contribution in [0.3, 0.4) is 0 Å². The zero-order valence-electron chi connectivity index (χ0n) is 12.0. The minimum Gasteiger partial charge on any atom is -0.466 e. The Morgan fingerprint density at radius 2 is 1.71 bits per heavy atom. The van der Waals surface area contributed by atoms with Crippen LogP contribution in [-0.2, 0) is 4.74 Å². The van der Waals surface area contributed by atoms with Crippen LogP contribution in [0.5, 0.6) is 5.75 Å². The van der Waals surface area contributed by atoms with Crippen LogP contribution >= 0.6 is 27.7 Å². The van der Waals surface area contributed by atoms with E-state index >= 15 is 0 Å². The van der Waals surface area contributed by atoms with Gasteiger partial charge in [-0.15, -0.1) is 11.8 Å². The first-order valence-electron chi connectivity index (χ1n) is 6.46. The fourth-order valence-corrected chi connectivity index (χ4v) is 2.69. The maximum absolute atomic E-state index is 5.43. The molecule has 0 aliphatic carbocycles. The van der Waals surface area contributed by atoms with E-state index in [0.29, 0.717) is 0 Å². The van der Waals surface area contributed by atoms with Crippen LogP contribution in [0.15, 0.2) is 51.8 Å². The van der Waals surface area contributed by atoms with E-state index in [1.165, 1.54) is 10.5 Å². The summed E-state index contributed by atoms with van der Waals surface area (Å²) in [4.78, 5) is 1.27. The van der Waals surface area contributed by atoms with Crippen molar-refractivity contribution in [1.29, 1.82) is 0 Å². The Labute approximate surface area is 138 Å². The van der Waals surface area contributed by atoms with Crippen LogP contribution in [0, 0.1) is 0 Å². The molecule has 0 fully saturated rings. The quantitative estimate of drug-likeness (QED) is 0.392. The highest BCUT2D eigenvalue weighted by Gasteiger charge is 2.01. The van der Waals surface area contributed by atoms with Crippen LogP contribution in [0.25, 0.3) is 12.2 Å². The van der Waals surface area contributed by atoms with E-state index in [0.717, 1.165) is 15.8 Å². The molecule has 0 saturated heterocycles. The predicted octanol–water partition coefficient (Wildman–Crippen LogP) is 5.32. The lowest BCUT2D eigenvalue weighted by Crippen LogP contribution is -1.99. The molecule has 0 unspecified atom stereocenters. The van der Waals surface area contributed by atoms with Gasteiger partial charge in [-0.2, -0.15) is 0 Å². The second-order valence-corrected chi connectivity index (χ2v) is 6.08. The van der Waals surface area contributed by atoms with E-state index in [9.17, 15) is 0 Å². The molecule has 0 saturated carbocycles. The zero-order valence-corrected chi connectivity index (χ0v) is 14.4. The van der Waals surface area contributed by atoms with Crippen molar-refractivity contribution in [2.24, 2.45) is 0 Å². The number of rotatable bonds is 6. The van der Waals surface area contributed by atoms with Gasteiger partial charge in [0, 0.05) is 12.0 Å². The minimum atomic E-state index is 0.246. The molecule has 21 heavy (non-hydrogen) atoms. The normalized spacial score (nSPS) is 11.0. The number of benzene rings is 2. The molecular formula is C17H17BrO2S. The van der Waals surface area contributed by atoms with Crippen LogP contribution in [0.2, 0.25) is 0 Å². The van der Waals surface area contributed by atoms with Crippen molar-refractivity contribution in [3.63, 3.8) is 0 Å². The van der Waals surface area contributed by atoms with Crippen molar-refractivity contribution < 1.29 is 9.47 Å². The predicted molar refractivity (Wildman–Crippen MR) is 93.8 cm³/mol. The number of halogens is 1. The molecule has 0 aliphatic rings. The van der Waals surface area contributed by atoms with Gasteiger partial charge in [0.15, 0.2) is 6.79 Å². The Morgan fingerprint density at radius 3 is 2.33 bits per heavy atom. The smallest absolute Gasteiger partial charge is 0.188 e. The highest BCUT2D eigenvalue weighted by Crippen LogP contribution is 2.27. The number of hydrogen-bond donors (Lipinski definition) is 0. The Hall–Kier alpha value is -1.23. The van der Waals surface area contributed by atoms with Crippen molar-refractivity contribution >= 4 is 39.8 Å². The van der Waals surface area contributed by atoms with E-state index in [2.05, 4.69) is 58.6 Å². The van der Waals surface area contributed by atoms with E-state index in [-0.39, 0.29) is 6.79 Å². The molecule has 2 aromatic rings. The summed E-state index contributed by atoms with van der Waals surface area (Å²) in [5.74, 6) is 0.776. The standard InChI is InChI=1S/C17H17BrO2S/c1-19-12-20-17-10-7-14(11-16(17)18)4-3-13-5-8-15(21-2)9-6-13/h3-11H,12H2,1-2H3/b4-3+. The van der Waals surface area contributed by atoms with Gasteiger partial charge >= 0.3 is 0 Å². The molecule has 0 heterocycles. The van der Waals surface area contributed by atoms with Crippen LogP contribution in [0.4, 0.5) is 0 Å². The summed E-state index contributed by atoms with van der Waals surface area (Å²) in [6.07, 6.45) is 6.26. The van der Waals surface area contributed by atoms with Gasteiger partial charge in [-0.05, 0) is 57.6 Å². The molecule has 0 atom stereocenters. The molecule has 0 aliphatic heterocycles.